The van der Waals surface area contributed by atoms with Crippen LogP contribution in [0.4, 0.5) is 16.6 Å². The molecule has 4 heterocycles. The maximum absolute atomic E-state index is 12.4. The minimum Gasteiger partial charge on any atom is -0.467 e. The Labute approximate surface area is 241 Å². The molecule has 0 atom stereocenters. The number of aryl methyl sites for hydroxylation is 1. The highest BCUT2D eigenvalue weighted by molar-refractivity contribution is 7.16. The van der Waals surface area contributed by atoms with E-state index < -0.39 is 5.91 Å². The number of nitriles is 2. The van der Waals surface area contributed by atoms with Crippen molar-refractivity contribution in [3.05, 3.63) is 32.3 Å². The van der Waals surface area contributed by atoms with Gasteiger partial charge in [-0.05, 0) is 24.8 Å². The first-order chi connectivity index (χ1) is 19.1. The van der Waals surface area contributed by atoms with E-state index >= 15 is 0 Å². The average Bonchev–Trinajstić information content (AvgIpc) is 3.33. The van der Waals surface area contributed by atoms with Crippen molar-refractivity contribution >= 4 is 51.2 Å². The average molecular weight is 581 g/mol. The number of fused-ring (bicyclic) bond motifs is 2. The van der Waals surface area contributed by atoms with Crippen LogP contribution in [-0.2, 0) is 16.6 Å². The molecule has 1 fully saturated rings. The normalized spacial score (nSPS) is 18.1. The molecule has 2 aliphatic heterocycles. The number of nitrogen functional groups attached to an aromatic ring is 1. The quantitative estimate of drug-likeness (QED) is 0.495. The van der Waals surface area contributed by atoms with Crippen LogP contribution < -0.4 is 26.0 Å². The molecule has 40 heavy (non-hydrogen) atoms. The van der Waals surface area contributed by atoms with E-state index in [-0.39, 0.29) is 28.7 Å². The first-order valence-corrected chi connectivity index (χ1v) is 13.9. The van der Waals surface area contributed by atoms with Gasteiger partial charge in [0.1, 0.15) is 28.4 Å². The van der Waals surface area contributed by atoms with Gasteiger partial charge in [-0.2, -0.15) is 20.5 Å². The number of hydrogen-bond acceptors (Lipinski definition) is 12. The Hall–Kier alpha value is -4.07. The number of nitrogens with two attached hydrogens (primary N) is 2. The van der Waals surface area contributed by atoms with Crippen LogP contribution in [0, 0.1) is 22.7 Å². The molecule has 0 bridgehead atoms. The molecular weight excluding hydrogens is 552 g/mol. The molecule has 3 aliphatic rings. The molecule has 2 aromatic heterocycles. The third-order valence-corrected chi connectivity index (χ3v) is 9.07. The van der Waals surface area contributed by atoms with Crippen LogP contribution in [-0.4, -0.2) is 80.4 Å². The summed E-state index contributed by atoms with van der Waals surface area (Å²) in [4.78, 5) is 32.5. The fraction of sp³-hybridized carbons (Fsp3) is 0.462. The lowest BCUT2D eigenvalue weighted by atomic mass is 9.74. The van der Waals surface area contributed by atoms with Gasteiger partial charge < -0.3 is 30.9 Å². The van der Waals surface area contributed by atoms with Crippen molar-refractivity contribution in [3.63, 3.8) is 0 Å². The summed E-state index contributed by atoms with van der Waals surface area (Å²) in [6, 6.07) is 4.72. The Morgan fingerprint density at radius 1 is 1.18 bits per heavy atom. The highest BCUT2D eigenvalue weighted by atomic mass is 35.5. The number of hydrogen-bond donors (Lipinski definition) is 2. The van der Waals surface area contributed by atoms with Crippen molar-refractivity contribution in [1.82, 2.24) is 14.9 Å². The van der Waals surface area contributed by atoms with Gasteiger partial charge in [-0.25, -0.2) is 0 Å². The number of aliphatic imine (C=N–C) groups is 1. The summed E-state index contributed by atoms with van der Waals surface area (Å²) in [5, 5.41) is 20.7. The number of nitrogens with zero attached hydrogens (tertiary/aromatic N) is 8. The maximum atomic E-state index is 12.4. The molecule has 1 spiro atoms. The van der Waals surface area contributed by atoms with Gasteiger partial charge in [0.15, 0.2) is 11.6 Å². The Balaban J connectivity index is 1.48. The number of amides is 1. The summed E-state index contributed by atoms with van der Waals surface area (Å²) in [6.45, 7) is 2.42. The molecule has 1 aliphatic carbocycles. The maximum Gasteiger partial charge on any atom is 0.320 e. The van der Waals surface area contributed by atoms with Crippen LogP contribution in [0.5, 0.6) is 6.01 Å². The third kappa shape index (κ3) is 4.45. The van der Waals surface area contributed by atoms with Gasteiger partial charge in [-0.15, -0.1) is 11.3 Å². The first kappa shape index (κ1) is 27.5. The number of methoxy groups -OCH3 is 1. The smallest absolute Gasteiger partial charge is 0.320 e. The summed E-state index contributed by atoms with van der Waals surface area (Å²) in [5.41, 5.74) is 14.3. The van der Waals surface area contributed by atoms with Crippen molar-refractivity contribution in [2.24, 2.45) is 10.7 Å². The van der Waals surface area contributed by atoms with Gasteiger partial charge in [-0.1, -0.05) is 11.6 Å². The van der Waals surface area contributed by atoms with Gasteiger partial charge in [0, 0.05) is 50.6 Å². The van der Waals surface area contributed by atoms with Crippen molar-refractivity contribution in [2.45, 2.75) is 24.7 Å². The summed E-state index contributed by atoms with van der Waals surface area (Å²) >= 11 is 8.04. The molecule has 0 radical (unpaired) electrons. The third-order valence-electron chi connectivity index (χ3n) is 7.57. The van der Waals surface area contributed by atoms with Crippen LogP contribution >= 0.6 is 22.9 Å². The van der Waals surface area contributed by atoms with E-state index in [0.717, 1.165) is 18.4 Å². The largest absolute Gasteiger partial charge is 0.467 e. The standard InChI is InChI=1S/C26H29ClN10O2S/c1-35(2)24(38)20(30)19(27)16-11-36(8-4-7-32-16)22-15(10-29)23(34-25(33-22)39-3)37-12-26(13-37)6-5-17-18(26)14(9-28)21(31)40-17/h4-8,11-13,30-31H2,1-3H3/b20-19+. The fourth-order valence-electron chi connectivity index (χ4n) is 5.64. The molecule has 0 aromatic carbocycles. The van der Waals surface area contributed by atoms with E-state index in [4.69, 9.17) is 27.8 Å². The predicted octanol–water partition coefficient (Wildman–Crippen LogP) is 1.72. The van der Waals surface area contributed by atoms with Gasteiger partial charge in [0.25, 0.3) is 5.91 Å². The number of aromatic nitrogens is 2. The summed E-state index contributed by atoms with van der Waals surface area (Å²) in [6.07, 6.45) is 2.47. The zero-order chi connectivity index (χ0) is 28.8. The van der Waals surface area contributed by atoms with Gasteiger partial charge in [-0.3, -0.25) is 9.79 Å². The molecule has 0 saturated carbocycles. The number of rotatable bonds is 5. The van der Waals surface area contributed by atoms with E-state index in [1.165, 1.54) is 28.2 Å². The number of ether oxygens (including phenoxy) is 1. The van der Waals surface area contributed by atoms with Gasteiger partial charge >= 0.3 is 6.01 Å². The first-order valence-electron chi connectivity index (χ1n) is 12.7. The number of carbonyl (C=O) groups excluding carboxylic acids is 1. The number of carbonyl (C=O) groups is 1. The number of halogens is 1. The molecule has 12 nitrogen and oxygen atoms in total. The molecule has 1 saturated heterocycles. The monoisotopic (exact) mass is 580 g/mol. The van der Waals surface area contributed by atoms with Crippen LogP contribution in [0.25, 0.3) is 0 Å². The molecular formula is C26H29ClN10O2S. The SMILES string of the molecule is COc1nc(N2CCCN=C(/C(Cl)=C(\N)C(=O)N(C)C)C2)c(C#N)c(N2CC3(CCc4sc(N)c(C#N)c43)C2)n1. The van der Waals surface area contributed by atoms with E-state index in [1.807, 2.05) is 9.80 Å². The number of likely N-dealkylation sites (N-methyl/N-ethyl adjacent to an activating group) is 1. The van der Waals surface area contributed by atoms with Crippen molar-refractivity contribution in [1.29, 1.82) is 10.5 Å². The molecule has 14 heteroatoms. The zero-order valence-corrected chi connectivity index (χ0v) is 24.1. The molecule has 2 aromatic rings. The van der Waals surface area contributed by atoms with Crippen LogP contribution in [0.2, 0.25) is 0 Å². The van der Waals surface area contributed by atoms with E-state index in [0.29, 0.717) is 66.1 Å². The van der Waals surface area contributed by atoms with Crippen LogP contribution in [0.3, 0.4) is 0 Å². The fourth-order valence-corrected chi connectivity index (χ4v) is 6.98. The van der Waals surface area contributed by atoms with Crippen LogP contribution in [0.1, 0.15) is 34.4 Å². The number of anilines is 3. The topological polar surface area (TPSA) is 174 Å². The van der Waals surface area contributed by atoms with Crippen molar-refractivity contribution in [2.75, 3.05) is 69.5 Å². The lowest BCUT2D eigenvalue weighted by Gasteiger charge is -2.49. The minimum atomic E-state index is -0.416. The van der Waals surface area contributed by atoms with E-state index in [2.05, 4.69) is 27.1 Å². The molecule has 0 unspecified atom stereocenters. The minimum absolute atomic E-state index is 0.0791. The molecule has 5 rings (SSSR count). The lowest BCUT2D eigenvalue weighted by molar-refractivity contribution is -0.124. The highest BCUT2D eigenvalue weighted by Crippen LogP contribution is 2.52. The molecule has 4 N–H and O–H groups in total. The van der Waals surface area contributed by atoms with Crippen LogP contribution in [0.15, 0.2) is 15.7 Å². The Bertz CT molecular complexity index is 1530. The van der Waals surface area contributed by atoms with Gasteiger partial charge in [0.05, 0.1) is 30.0 Å². The lowest BCUT2D eigenvalue weighted by Crippen LogP contribution is -2.59. The second kappa shape index (κ2) is 10.5. The van der Waals surface area contributed by atoms with E-state index in [9.17, 15) is 15.3 Å². The van der Waals surface area contributed by atoms with Crippen molar-refractivity contribution < 1.29 is 9.53 Å². The highest BCUT2D eigenvalue weighted by Gasteiger charge is 2.52. The zero-order valence-electron chi connectivity index (χ0n) is 22.5. The number of thiophene rings is 1. The van der Waals surface area contributed by atoms with Gasteiger partial charge in [0.2, 0.25) is 0 Å². The summed E-state index contributed by atoms with van der Waals surface area (Å²) in [7, 11) is 4.66. The second-order valence-electron chi connectivity index (χ2n) is 10.3. The Morgan fingerprint density at radius 2 is 1.85 bits per heavy atom. The summed E-state index contributed by atoms with van der Waals surface area (Å²) in [5.74, 6) is 0.448. The molecule has 1 amide bonds. The Morgan fingerprint density at radius 3 is 2.48 bits per heavy atom. The molecule has 208 valence electrons. The van der Waals surface area contributed by atoms with Crippen molar-refractivity contribution in [3.8, 4) is 18.1 Å². The second-order valence-corrected chi connectivity index (χ2v) is 11.8. The Kier molecular flexibility index (Phi) is 7.21. The van der Waals surface area contributed by atoms with E-state index in [1.54, 1.807) is 14.1 Å². The predicted molar refractivity (Wildman–Crippen MR) is 154 cm³/mol. The summed E-state index contributed by atoms with van der Waals surface area (Å²) < 4.78 is 5.44.